The highest BCUT2D eigenvalue weighted by Crippen LogP contribution is 2.26. The molecule has 0 saturated heterocycles. The lowest BCUT2D eigenvalue weighted by atomic mass is 10.1. The molecule has 0 spiro atoms. The van der Waals surface area contributed by atoms with Crippen LogP contribution in [0.3, 0.4) is 0 Å². The normalized spacial score (nSPS) is 10.7. The van der Waals surface area contributed by atoms with Crippen LogP contribution in [-0.4, -0.2) is 64.5 Å². The molecule has 0 unspecified atom stereocenters. The van der Waals surface area contributed by atoms with E-state index in [1.807, 2.05) is 98.8 Å². The van der Waals surface area contributed by atoms with Crippen molar-refractivity contribution in [3.05, 3.63) is 120 Å². The van der Waals surface area contributed by atoms with Crippen LogP contribution in [0, 0.1) is 0 Å². The second kappa shape index (κ2) is 17.5. The summed E-state index contributed by atoms with van der Waals surface area (Å²) in [5.74, 6) is 0.492. The maximum absolute atomic E-state index is 14.1. The Hall–Kier alpha value is -4.66. The molecule has 0 bridgehead atoms. The van der Waals surface area contributed by atoms with E-state index in [1.54, 1.807) is 34.1 Å². The van der Waals surface area contributed by atoms with Gasteiger partial charge < -0.3 is 28.7 Å². The SMILES string of the molecule is CCOCCOc1ccccc1C(=O)N(CCN(C(=O)c1ccccc1OCCOCC)c1ccccc1)c1ccccc1. The molecule has 44 heavy (non-hydrogen) atoms. The van der Waals surface area contributed by atoms with Crippen LogP contribution in [-0.2, 0) is 9.47 Å². The standard InChI is InChI=1S/C36H40N2O6/c1-3-41-25-27-43-33-21-13-11-19-31(33)35(39)37(29-15-7-5-8-16-29)23-24-38(30-17-9-6-10-18-30)36(40)32-20-12-14-22-34(32)44-28-26-42-4-2/h5-22H,3-4,23-28H2,1-2H3. The van der Waals surface area contributed by atoms with E-state index in [2.05, 4.69) is 0 Å². The molecule has 0 fully saturated rings. The van der Waals surface area contributed by atoms with Crippen molar-refractivity contribution in [3.8, 4) is 11.5 Å². The van der Waals surface area contributed by atoms with Crippen LogP contribution in [0.5, 0.6) is 11.5 Å². The van der Waals surface area contributed by atoms with Gasteiger partial charge >= 0.3 is 0 Å². The molecule has 4 aromatic rings. The van der Waals surface area contributed by atoms with E-state index < -0.39 is 0 Å². The van der Waals surface area contributed by atoms with Crippen LogP contribution in [0.1, 0.15) is 34.6 Å². The number of amides is 2. The summed E-state index contributed by atoms with van der Waals surface area (Å²) in [6.45, 7) is 6.98. The molecule has 0 aromatic heterocycles. The van der Waals surface area contributed by atoms with Crippen molar-refractivity contribution in [1.29, 1.82) is 0 Å². The highest BCUT2D eigenvalue weighted by Gasteiger charge is 2.26. The van der Waals surface area contributed by atoms with Gasteiger partial charge in [-0.25, -0.2) is 0 Å². The Bertz CT molecular complexity index is 1340. The third kappa shape index (κ3) is 8.92. The molecule has 4 rings (SSSR count). The number of carbonyl (C=O) groups is 2. The summed E-state index contributed by atoms with van der Waals surface area (Å²) in [4.78, 5) is 31.7. The Labute approximate surface area is 259 Å². The maximum Gasteiger partial charge on any atom is 0.262 e. The minimum Gasteiger partial charge on any atom is -0.490 e. The summed E-state index contributed by atoms with van der Waals surface area (Å²) in [7, 11) is 0. The third-order valence-electron chi connectivity index (χ3n) is 6.79. The van der Waals surface area contributed by atoms with Gasteiger partial charge in [0.05, 0.1) is 24.3 Å². The number of para-hydroxylation sites is 4. The smallest absolute Gasteiger partial charge is 0.262 e. The van der Waals surface area contributed by atoms with E-state index in [9.17, 15) is 9.59 Å². The molecule has 230 valence electrons. The largest absolute Gasteiger partial charge is 0.490 e. The lowest BCUT2D eigenvalue weighted by Crippen LogP contribution is -2.41. The monoisotopic (exact) mass is 596 g/mol. The first-order valence-electron chi connectivity index (χ1n) is 15.0. The molecular formula is C36H40N2O6. The minimum atomic E-state index is -0.233. The number of hydrogen-bond donors (Lipinski definition) is 0. The molecule has 8 nitrogen and oxygen atoms in total. The molecule has 0 aliphatic carbocycles. The molecule has 0 N–H and O–H groups in total. The van der Waals surface area contributed by atoms with Crippen molar-refractivity contribution in [1.82, 2.24) is 0 Å². The molecule has 0 radical (unpaired) electrons. The fourth-order valence-electron chi connectivity index (χ4n) is 4.65. The second-order valence-electron chi connectivity index (χ2n) is 9.67. The number of benzene rings is 4. The molecule has 0 aliphatic rings. The number of nitrogens with zero attached hydrogens (tertiary/aromatic N) is 2. The fraction of sp³-hybridized carbons (Fsp3) is 0.278. The van der Waals surface area contributed by atoms with Crippen molar-refractivity contribution in [2.75, 3.05) is 62.5 Å². The molecule has 0 saturated carbocycles. The zero-order valence-corrected chi connectivity index (χ0v) is 25.4. The lowest BCUT2D eigenvalue weighted by Gasteiger charge is -2.29. The Kier molecular flexibility index (Phi) is 12.8. The van der Waals surface area contributed by atoms with E-state index in [-0.39, 0.29) is 24.9 Å². The number of rotatable bonds is 17. The Morgan fingerprint density at radius 3 is 1.25 bits per heavy atom. The Balaban J connectivity index is 1.62. The zero-order chi connectivity index (χ0) is 31.0. The van der Waals surface area contributed by atoms with E-state index >= 15 is 0 Å². The molecule has 0 heterocycles. The van der Waals surface area contributed by atoms with Crippen molar-refractivity contribution >= 4 is 23.2 Å². The van der Waals surface area contributed by atoms with Gasteiger partial charge in [0.25, 0.3) is 11.8 Å². The summed E-state index contributed by atoms with van der Waals surface area (Å²) in [6, 6.07) is 33.2. The van der Waals surface area contributed by atoms with Gasteiger partial charge in [-0.1, -0.05) is 60.7 Å². The number of ether oxygens (including phenoxy) is 4. The minimum absolute atomic E-state index is 0.226. The topological polar surface area (TPSA) is 77.5 Å². The summed E-state index contributed by atoms with van der Waals surface area (Å²) < 4.78 is 22.7. The van der Waals surface area contributed by atoms with Crippen molar-refractivity contribution < 1.29 is 28.5 Å². The summed E-state index contributed by atoms with van der Waals surface area (Å²) in [6.07, 6.45) is 0. The van der Waals surface area contributed by atoms with Crippen LogP contribution in [0.15, 0.2) is 109 Å². The molecule has 0 aliphatic heterocycles. The van der Waals surface area contributed by atoms with Crippen LogP contribution in [0.4, 0.5) is 11.4 Å². The van der Waals surface area contributed by atoms with Crippen LogP contribution >= 0.6 is 0 Å². The van der Waals surface area contributed by atoms with Crippen LogP contribution in [0.25, 0.3) is 0 Å². The van der Waals surface area contributed by atoms with Gasteiger partial charge in [0.2, 0.25) is 0 Å². The summed E-state index contributed by atoms with van der Waals surface area (Å²) in [5.41, 5.74) is 2.28. The Morgan fingerprint density at radius 1 is 0.500 bits per heavy atom. The Morgan fingerprint density at radius 2 is 0.864 bits per heavy atom. The quantitative estimate of drug-likeness (QED) is 0.129. The molecule has 2 amide bonds. The van der Waals surface area contributed by atoms with Crippen molar-refractivity contribution in [3.63, 3.8) is 0 Å². The highest BCUT2D eigenvalue weighted by atomic mass is 16.5. The number of anilines is 2. The van der Waals surface area contributed by atoms with Gasteiger partial charge in [0.1, 0.15) is 24.7 Å². The average Bonchev–Trinajstić information content (AvgIpc) is 3.08. The number of hydrogen-bond acceptors (Lipinski definition) is 6. The van der Waals surface area contributed by atoms with E-state index in [0.717, 1.165) is 0 Å². The second-order valence-corrected chi connectivity index (χ2v) is 9.67. The van der Waals surface area contributed by atoms with E-state index in [0.29, 0.717) is 73.6 Å². The number of carbonyl (C=O) groups excluding carboxylic acids is 2. The maximum atomic E-state index is 14.1. The molecule has 4 aromatic carbocycles. The first kappa shape index (κ1) is 32.3. The third-order valence-corrected chi connectivity index (χ3v) is 6.79. The van der Waals surface area contributed by atoms with Gasteiger partial charge in [0.15, 0.2) is 0 Å². The summed E-state index contributed by atoms with van der Waals surface area (Å²) >= 11 is 0. The van der Waals surface area contributed by atoms with Gasteiger partial charge in [0, 0.05) is 37.7 Å². The van der Waals surface area contributed by atoms with Crippen molar-refractivity contribution in [2.24, 2.45) is 0 Å². The summed E-state index contributed by atoms with van der Waals surface area (Å²) in [5, 5.41) is 0. The first-order chi connectivity index (χ1) is 21.6. The lowest BCUT2D eigenvalue weighted by molar-refractivity contribution is 0.0950. The average molecular weight is 597 g/mol. The van der Waals surface area contributed by atoms with Crippen LogP contribution in [0.2, 0.25) is 0 Å². The predicted octanol–water partition coefficient (Wildman–Crippen LogP) is 6.51. The highest BCUT2D eigenvalue weighted by molar-refractivity contribution is 6.09. The van der Waals surface area contributed by atoms with E-state index in [4.69, 9.17) is 18.9 Å². The molecular weight excluding hydrogens is 556 g/mol. The van der Waals surface area contributed by atoms with Crippen LogP contribution < -0.4 is 19.3 Å². The molecule has 8 heteroatoms. The van der Waals surface area contributed by atoms with Gasteiger partial charge in [-0.3, -0.25) is 9.59 Å². The van der Waals surface area contributed by atoms with E-state index in [1.165, 1.54) is 0 Å². The predicted molar refractivity (Wildman–Crippen MR) is 173 cm³/mol. The van der Waals surface area contributed by atoms with Gasteiger partial charge in [-0.2, -0.15) is 0 Å². The fourth-order valence-corrected chi connectivity index (χ4v) is 4.65. The zero-order valence-electron chi connectivity index (χ0n) is 25.4. The van der Waals surface area contributed by atoms with Crippen molar-refractivity contribution in [2.45, 2.75) is 13.8 Å². The van der Waals surface area contributed by atoms with Gasteiger partial charge in [-0.15, -0.1) is 0 Å². The molecule has 0 atom stereocenters. The first-order valence-corrected chi connectivity index (χ1v) is 15.0. The van der Waals surface area contributed by atoms with Gasteiger partial charge in [-0.05, 0) is 62.4 Å².